The molecule has 2 heterocycles. The van der Waals surface area contributed by atoms with Crippen molar-refractivity contribution in [3.63, 3.8) is 0 Å². The van der Waals surface area contributed by atoms with Crippen LogP contribution in [0.15, 0.2) is 42.5 Å². The second kappa shape index (κ2) is 9.38. The topological polar surface area (TPSA) is 50.8 Å². The molecule has 1 aliphatic rings. The summed E-state index contributed by atoms with van der Waals surface area (Å²) >= 11 is 18.1. The zero-order valence-electron chi connectivity index (χ0n) is 16.4. The van der Waals surface area contributed by atoms with Crippen molar-refractivity contribution in [1.29, 1.82) is 0 Å². The fourth-order valence-corrected chi connectivity index (χ4v) is 4.12. The van der Waals surface area contributed by atoms with Gasteiger partial charge in [-0.15, -0.1) is 4.68 Å². The maximum absolute atomic E-state index is 12.8. The number of anilines is 1. The molecule has 8 heteroatoms. The van der Waals surface area contributed by atoms with E-state index in [9.17, 15) is 4.79 Å². The summed E-state index contributed by atoms with van der Waals surface area (Å²) in [7, 11) is 0. The van der Waals surface area contributed by atoms with Crippen molar-refractivity contribution in [3.05, 3.63) is 74.7 Å². The SMILES string of the molecule is O=C(Cn1nc(CNc2ccc(Cl)c(Cl)c2)[n+]2c1CCCCC2)c1ccc(Cl)cc1. The van der Waals surface area contributed by atoms with Gasteiger partial charge in [0.05, 0.1) is 16.6 Å². The van der Waals surface area contributed by atoms with E-state index in [2.05, 4.69) is 9.88 Å². The first-order valence-corrected chi connectivity index (χ1v) is 11.1. The fourth-order valence-electron chi connectivity index (χ4n) is 3.70. The van der Waals surface area contributed by atoms with Gasteiger partial charge in [0.1, 0.15) is 6.54 Å². The van der Waals surface area contributed by atoms with E-state index in [0.717, 1.165) is 43.1 Å². The van der Waals surface area contributed by atoms with E-state index in [0.29, 0.717) is 27.2 Å². The molecule has 0 amide bonds. The summed E-state index contributed by atoms with van der Waals surface area (Å²) in [5.74, 6) is 2.02. The largest absolute Gasteiger partial charge is 0.375 e. The zero-order chi connectivity index (χ0) is 21.1. The predicted octanol–water partition coefficient (Wildman–Crippen LogP) is 5.35. The highest BCUT2D eigenvalue weighted by Crippen LogP contribution is 2.25. The number of benzene rings is 2. The lowest BCUT2D eigenvalue weighted by Crippen LogP contribution is -2.41. The number of rotatable bonds is 6. The molecule has 0 unspecified atom stereocenters. The van der Waals surface area contributed by atoms with Gasteiger partial charge in [-0.3, -0.25) is 4.79 Å². The summed E-state index contributed by atoms with van der Waals surface area (Å²) in [4.78, 5) is 12.8. The smallest absolute Gasteiger partial charge is 0.296 e. The molecule has 3 aromatic rings. The Morgan fingerprint density at radius 1 is 1.03 bits per heavy atom. The number of aromatic nitrogens is 3. The highest BCUT2D eigenvalue weighted by molar-refractivity contribution is 6.42. The molecular weight excluding hydrogens is 443 g/mol. The highest BCUT2D eigenvalue weighted by atomic mass is 35.5. The van der Waals surface area contributed by atoms with Crippen LogP contribution in [0.1, 0.15) is 41.3 Å². The summed E-state index contributed by atoms with van der Waals surface area (Å²) in [5.41, 5.74) is 1.51. The normalized spacial score (nSPS) is 13.6. The summed E-state index contributed by atoms with van der Waals surface area (Å²) in [5, 5.41) is 9.79. The minimum Gasteiger partial charge on any atom is -0.375 e. The number of hydrogen-bond donors (Lipinski definition) is 1. The zero-order valence-corrected chi connectivity index (χ0v) is 18.6. The number of fused-ring (bicyclic) bond motifs is 1. The Hall–Kier alpha value is -2.08. The van der Waals surface area contributed by atoms with Gasteiger partial charge in [0.2, 0.25) is 5.82 Å². The summed E-state index contributed by atoms with van der Waals surface area (Å²) in [6.45, 7) is 1.65. The fraction of sp³-hybridized carbons (Fsp3) is 0.318. The van der Waals surface area contributed by atoms with Gasteiger partial charge in [0, 0.05) is 27.8 Å². The molecule has 5 nitrogen and oxygen atoms in total. The summed E-state index contributed by atoms with van der Waals surface area (Å²) in [6.07, 6.45) is 4.29. The number of hydrogen-bond acceptors (Lipinski definition) is 3. The molecule has 0 fully saturated rings. The molecule has 1 N–H and O–H groups in total. The monoisotopic (exact) mass is 463 g/mol. The first-order chi connectivity index (χ1) is 14.5. The highest BCUT2D eigenvalue weighted by Gasteiger charge is 2.28. The van der Waals surface area contributed by atoms with Crippen LogP contribution in [0.3, 0.4) is 0 Å². The molecule has 156 valence electrons. The predicted molar refractivity (Wildman–Crippen MR) is 120 cm³/mol. The quantitative estimate of drug-likeness (QED) is 0.395. The lowest BCUT2D eigenvalue weighted by atomic mass is 10.1. The van der Waals surface area contributed by atoms with Gasteiger partial charge in [-0.25, -0.2) is 4.57 Å². The third kappa shape index (κ3) is 4.80. The Bertz CT molecular complexity index is 1060. The standard InChI is InChI=1S/C22H22Cl3N4O/c23-16-7-5-15(6-8-16)20(30)14-29-22-4-2-1-3-11-28(22)21(27-29)13-26-17-9-10-18(24)19(25)12-17/h5-10,12,26H,1-4,11,13-14H2/q+1. The molecule has 0 spiro atoms. The van der Waals surface area contributed by atoms with E-state index in [4.69, 9.17) is 39.9 Å². The van der Waals surface area contributed by atoms with Gasteiger partial charge >= 0.3 is 0 Å². The van der Waals surface area contributed by atoms with Crippen LogP contribution in [0.2, 0.25) is 15.1 Å². The van der Waals surface area contributed by atoms with Gasteiger partial charge in [-0.1, -0.05) is 34.8 Å². The minimum absolute atomic E-state index is 0.0193. The number of Topliss-reactive ketones (excluding diaryl/α,β-unsaturated/α-hetero) is 1. The van der Waals surface area contributed by atoms with Crippen molar-refractivity contribution >= 4 is 46.3 Å². The van der Waals surface area contributed by atoms with Crippen molar-refractivity contribution in [2.75, 3.05) is 5.32 Å². The van der Waals surface area contributed by atoms with Crippen molar-refractivity contribution in [2.24, 2.45) is 0 Å². The minimum atomic E-state index is 0.0193. The van der Waals surface area contributed by atoms with Crippen LogP contribution >= 0.6 is 34.8 Å². The third-order valence-electron chi connectivity index (χ3n) is 5.27. The average molecular weight is 465 g/mol. The number of ketones is 1. The maximum Gasteiger partial charge on any atom is 0.296 e. The number of nitrogens with zero attached hydrogens (tertiary/aromatic N) is 3. The van der Waals surface area contributed by atoms with Crippen molar-refractivity contribution < 1.29 is 9.36 Å². The molecule has 1 aromatic heterocycles. The molecule has 0 atom stereocenters. The van der Waals surface area contributed by atoms with E-state index < -0.39 is 0 Å². The number of halogens is 3. The van der Waals surface area contributed by atoms with Crippen LogP contribution in [0.4, 0.5) is 5.69 Å². The summed E-state index contributed by atoms with van der Waals surface area (Å²) in [6, 6.07) is 12.4. The van der Waals surface area contributed by atoms with Gasteiger partial charge in [-0.05, 0) is 61.7 Å². The van der Waals surface area contributed by atoms with Gasteiger partial charge < -0.3 is 5.32 Å². The molecule has 0 aliphatic carbocycles. The van der Waals surface area contributed by atoms with Gasteiger partial charge in [0.25, 0.3) is 5.82 Å². The molecule has 4 rings (SSSR count). The Morgan fingerprint density at radius 2 is 1.83 bits per heavy atom. The Morgan fingerprint density at radius 3 is 2.60 bits per heavy atom. The van der Waals surface area contributed by atoms with E-state index in [-0.39, 0.29) is 12.3 Å². The van der Waals surface area contributed by atoms with Crippen molar-refractivity contribution in [3.8, 4) is 0 Å². The molecule has 30 heavy (non-hydrogen) atoms. The number of nitrogens with one attached hydrogen (secondary N) is 1. The van der Waals surface area contributed by atoms with Crippen molar-refractivity contribution in [2.45, 2.75) is 45.3 Å². The lowest BCUT2D eigenvalue weighted by Gasteiger charge is -2.05. The molecule has 0 saturated carbocycles. The van der Waals surface area contributed by atoms with E-state index >= 15 is 0 Å². The molecule has 0 saturated heterocycles. The maximum atomic E-state index is 12.8. The molecule has 1 aliphatic heterocycles. The van der Waals surface area contributed by atoms with Crippen LogP contribution in [-0.4, -0.2) is 15.6 Å². The van der Waals surface area contributed by atoms with Crippen LogP contribution in [0.25, 0.3) is 0 Å². The third-order valence-corrected chi connectivity index (χ3v) is 6.26. The van der Waals surface area contributed by atoms with Gasteiger partial charge in [0.15, 0.2) is 12.3 Å². The molecule has 2 aromatic carbocycles. The molecular formula is C22H22Cl3N4O+. The van der Waals surface area contributed by atoms with Crippen LogP contribution in [0.5, 0.6) is 0 Å². The van der Waals surface area contributed by atoms with Crippen LogP contribution in [0, 0.1) is 0 Å². The first-order valence-electron chi connectivity index (χ1n) is 9.97. The number of carbonyl (C=O) groups is 1. The first kappa shape index (κ1) is 21.2. The molecule has 0 bridgehead atoms. The Kier molecular flexibility index (Phi) is 6.61. The average Bonchev–Trinajstić information content (AvgIpc) is 2.90. The van der Waals surface area contributed by atoms with Gasteiger partial charge in [-0.2, -0.15) is 0 Å². The van der Waals surface area contributed by atoms with E-state index in [1.165, 1.54) is 6.42 Å². The summed E-state index contributed by atoms with van der Waals surface area (Å²) < 4.78 is 4.10. The molecule has 0 radical (unpaired) electrons. The van der Waals surface area contributed by atoms with E-state index in [1.807, 2.05) is 10.7 Å². The van der Waals surface area contributed by atoms with Crippen LogP contribution in [-0.2, 0) is 26.1 Å². The van der Waals surface area contributed by atoms with E-state index in [1.54, 1.807) is 36.4 Å². The number of carbonyl (C=O) groups excluding carboxylic acids is 1. The van der Waals surface area contributed by atoms with Crippen LogP contribution < -0.4 is 9.88 Å². The Labute approximate surface area is 190 Å². The Balaban J connectivity index is 1.56. The second-order valence-corrected chi connectivity index (χ2v) is 8.62. The second-order valence-electron chi connectivity index (χ2n) is 7.36. The van der Waals surface area contributed by atoms with Crippen molar-refractivity contribution in [1.82, 2.24) is 9.78 Å². The lowest BCUT2D eigenvalue weighted by molar-refractivity contribution is -0.710.